The Hall–Kier alpha value is -2.76. The van der Waals surface area contributed by atoms with Gasteiger partial charge in [-0.05, 0) is 5.56 Å². The second-order valence-electron chi connectivity index (χ2n) is 4.08. The lowest BCUT2D eigenvalue weighted by Crippen LogP contribution is -2.16. The van der Waals surface area contributed by atoms with Crippen LogP contribution < -0.4 is 5.32 Å². The highest BCUT2D eigenvalue weighted by Crippen LogP contribution is 2.09. The summed E-state index contributed by atoms with van der Waals surface area (Å²) in [5, 5.41) is 10.0. The van der Waals surface area contributed by atoms with E-state index in [9.17, 15) is 4.79 Å². The molecule has 3 rings (SSSR count). The van der Waals surface area contributed by atoms with Crippen LogP contribution in [-0.2, 0) is 11.2 Å². The van der Waals surface area contributed by atoms with Gasteiger partial charge in [0.2, 0.25) is 11.9 Å². The summed E-state index contributed by atoms with van der Waals surface area (Å²) < 4.78 is 0. The van der Waals surface area contributed by atoms with Gasteiger partial charge in [-0.2, -0.15) is 10.1 Å². The number of nitrogens with one attached hydrogen (secondary N) is 2. The Balaban J connectivity index is 1.72. The maximum absolute atomic E-state index is 11.8. The first kappa shape index (κ1) is 11.3. The van der Waals surface area contributed by atoms with E-state index in [1.807, 2.05) is 30.3 Å². The monoisotopic (exact) mass is 253 g/mol. The average Bonchev–Trinajstić information content (AvgIpc) is 2.87. The normalized spacial score (nSPS) is 10.5. The predicted molar refractivity (Wildman–Crippen MR) is 70.5 cm³/mol. The SMILES string of the molecule is O=C(Cc1ccccc1)Nc1ncc2cn[nH]c2n1. The highest BCUT2D eigenvalue weighted by atomic mass is 16.1. The number of fused-ring (bicyclic) bond motifs is 1. The minimum atomic E-state index is -0.148. The number of rotatable bonds is 3. The van der Waals surface area contributed by atoms with Crippen LogP contribution in [0.25, 0.3) is 11.0 Å². The zero-order chi connectivity index (χ0) is 13.1. The summed E-state index contributed by atoms with van der Waals surface area (Å²) in [4.78, 5) is 20.1. The molecule has 6 nitrogen and oxygen atoms in total. The Kier molecular flexibility index (Phi) is 2.89. The molecule has 1 amide bonds. The first-order chi connectivity index (χ1) is 9.31. The number of amides is 1. The van der Waals surface area contributed by atoms with Gasteiger partial charge in [0.15, 0.2) is 5.65 Å². The summed E-state index contributed by atoms with van der Waals surface area (Å²) in [5.74, 6) is 0.128. The smallest absolute Gasteiger partial charge is 0.231 e. The van der Waals surface area contributed by atoms with Crippen molar-refractivity contribution >= 4 is 22.9 Å². The summed E-state index contributed by atoms with van der Waals surface area (Å²) in [7, 11) is 0. The van der Waals surface area contributed by atoms with Crippen molar-refractivity contribution in [3.8, 4) is 0 Å². The first-order valence-corrected chi connectivity index (χ1v) is 5.81. The number of aromatic amines is 1. The fraction of sp³-hybridized carbons (Fsp3) is 0.0769. The van der Waals surface area contributed by atoms with Gasteiger partial charge in [0, 0.05) is 6.20 Å². The molecule has 94 valence electrons. The molecule has 0 aliphatic rings. The lowest BCUT2D eigenvalue weighted by atomic mass is 10.1. The van der Waals surface area contributed by atoms with Crippen molar-refractivity contribution in [3.05, 3.63) is 48.3 Å². The Bertz CT molecular complexity index is 707. The zero-order valence-electron chi connectivity index (χ0n) is 10.00. The molecule has 6 heteroatoms. The lowest BCUT2D eigenvalue weighted by Gasteiger charge is -2.03. The summed E-state index contributed by atoms with van der Waals surface area (Å²) in [6.45, 7) is 0. The molecule has 19 heavy (non-hydrogen) atoms. The van der Waals surface area contributed by atoms with E-state index < -0.39 is 0 Å². The van der Waals surface area contributed by atoms with Crippen molar-refractivity contribution in [2.45, 2.75) is 6.42 Å². The fourth-order valence-corrected chi connectivity index (χ4v) is 1.75. The van der Waals surface area contributed by atoms with Gasteiger partial charge in [-0.1, -0.05) is 30.3 Å². The number of hydrogen-bond donors (Lipinski definition) is 2. The number of nitrogens with zero attached hydrogens (tertiary/aromatic N) is 3. The van der Waals surface area contributed by atoms with Crippen LogP contribution in [0, 0.1) is 0 Å². The van der Waals surface area contributed by atoms with Crippen molar-refractivity contribution in [1.82, 2.24) is 20.2 Å². The van der Waals surface area contributed by atoms with Crippen LogP contribution in [0.15, 0.2) is 42.7 Å². The van der Waals surface area contributed by atoms with Gasteiger partial charge in [0.25, 0.3) is 0 Å². The van der Waals surface area contributed by atoms with Gasteiger partial charge in [-0.15, -0.1) is 0 Å². The van der Waals surface area contributed by atoms with Gasteiger partial charge >= 0.3 is 0 Å². The number of anilines is 1. The second kappa shape index (κ2) is 4.85. The van der Waals surface area contributed by atoms with E-state index in [-0.39, 0.29) is 11.9 Å². The van der Waals surface area contributed by atoms with Crippen LogP contribution in [0.5, 0.6) is 0 Å². The van der Waals surface area contributed by atoms with Crippen LogP contribution in [-0.4, -0.2) is 26.1 Å². The van der Waals surface area contributed by atoms with Gasteiger partial charge in [-0.3, -0.25) is 15.2 Å². The van der Waals surface area contributed by atoms with Gasteiger partial charge < -0.3 is 0 Å². The molecule has 0 spiro atoms. The first-order valence-electron chi connectivity index (χ1n) is 5.81. The second-order valence-corrected chi connectivity index (χ2v) is 4.08. The van der Waals surface area contributed by atoms with E-state index in [0.717, 1.165) is 10.9 Å². The van der Waals surface area contributed by atoms with Crippen molar-refractivity contribution in [1.29, 1.82) is 0 Å². The summed E-state index contributed by atoms with van der Waals surface area (Å²) >= 11 is 0. The number of carbonyl (C=O) groups is 1. The van der Waals surface area contributed by atoms with E-state index >= 15 is 0 Å². The molecule has 1 aromatic carbocycles. The maximum atomic E-state index is 11.8. The summed E-state index contributed by atoms with van der Waals surface area (Å²) in [5.41, 5.74) is 1.55. The van der Waals surface area contributed by atoms with Crippen LogP contribution in [0.1, 0.15) is 5.56 Å². The van der Waals surface area contributed by atoms with Crippen molar-refractivity contribution in [3.63, 3.8) is 0 Å². The number of carbonyl (C=O) groups excluding carboxylic acids is 1. The van der Waals surface area contributed by atoms with Crippen LogP contribution in [0.3, 0.4) is 0 Å². The fourth-order valence-electron chi connectivity index (χ4n) is 1.75. The van der Waals surface area contributed by atoms with E-state index in [1.165, 1.54) is 0 Å². The molecule has 3 aromatic rings. The highest BCUT2D eigenvalue weighted by molar-refractivity contribution is 5.91. The maximum Gasteiger partial charge on any atom is 0.231 e. The Labute approximate surface area is 108 Å². The van der Waals surface area contributed by atoms with Crippen molar-refractivity contribution in [2.75, 3.05) is 5.32 Å². The van der Waals surface area contributed by atoms with Gasteiger partial charge in [0.05, 0.1) is 18.0 Å². The number of H-pyrrole nitrogens is 1. The molecule has 0 aliphatic heterocycles. The Morgan fingerprint density at radius 2 is 2.05 bits per heavy atom. The highest BCUT2D eigenvalue weighted by Gasteiger charge is 2.07. The molecule has 2 aromatic heterocycles. The molecule has 0 fully saturated rings. The van der Waals surface area contributed by atoms with E-state index in [4.69, 9.17) is 0 Å². The minimum absolute atomic E-state index is 0.148. The zero-order valence-corrected chi connectivity index (χ0v) is 10.00. The Morgan fingerprint density at radius 3 is 2.89 bits per heavy atom. The molecule has 0 saturated heterocycles. The van der Waals surface area contributed by atoms with Gasteiger partial charge in [-0.25, -0.2) is 4.98 Å². The predicted octanol–water partition coefficient (Wildman–Crippen LogP) is 1.53. The van der Waals surface area contributed by atoms with Crippen LogP contribution in [0.2, 0.25) is 0 Å². The number of benzene rings is 1. The van der Waals surface area contributed by atoms with Gasteiger partial charge in [0.1, 0.15) is 0 Å². The number of aromatic nitrogens is 4. The lowest BCUT2D eigenvalue weighted by molar-refractivity contribution is -0.115. The largest absolute Gasteiger partial charge is 0.294 e. The minimum Gasteiger partial charge on any atom is -0.294 e. The molecular weight excluding hydrogens is 242 g/mol. The molecule has 0 atom stereocenters. The third kappa shape index (κ3) is 2.57. The van der Waals surface area contributed by atoms with Crippen molar-refractivity contribution in [2.24, 2.45) is 0 Å². The third-order valence-corrected chi connectivity index (χ3v) is 2.65. The van der Waals surface area contributed by atoms with E-state index in [0.29, 0.717) is 12.1 Å². The van der Waals surface area contributed by atoms with Crippen LogP contribution in [0.4, 0.5) is 5.95 Å². The number of hydrogen-bond acceptors (Lipinski definition) is 4. The third-order valence-electron chi connectivity index (χ3n) is 2.65. The quantitative estimate of drug-likeness (QED) is 0.741. The molecule has 2 heterocycles. The average molecular weight is 253 g/mol. The van der Waals surface area contributed by atoms with E-state index in [1.54, 1.807) is 12.4 Å². The topological polar surface area (TPSA) is 83.6 Å². The summed E-state index contributed by atoms with van der Waals surface area (Å²) in [6, 6.07) is 9.51. The van der Waals surface area contributed by atoms with Crippen molar-refractivity contribution < 1.29 is 4.79 Å². The Morgan fingerprint density at radius 1 is 1.21 bits per heavy atom. The standard InChI is InChI=1S/C13H11N5O/c19-11(6-9-4-2-1-3-5-9)16-13-14-7-10-8-15-18-12(10)17-13/h1-5,7-8H,6H2,(H2,14,15,16,17,18,19). The van der Waals surface area contributed by atoms with Crippen LogP contribution >= 0.6 is 0 Å². The molecule has 0 saturated carbocycles. The molecule has 0 unspecified atom stereocenters. The molecule has 0 aliphatic carbocycles. The van der Waals surface area contributed by atoms with E-state index in [2.05, 4.69) is 25.5 Å². The molecule has 2 N–H and O–H groups in total. The summed E-state index contributed by atoms with van der Waals surface area (Å²) in [6.07, 6.45) is 3.54. The molecule has 0 radical (unpaired) electrons. The molecular formula is C13H11N5O. The molecule has 0 bridgehead atoms.